The lowest BCUT2D eigenvalue weighted by molar-refractivity contribution is -0.116. The fraction of sp³-hybridized carbons (Fsp3) is 0.143. The first-order chi connectivity index (χ1) is 14.1. The third-order valence-electron chi connectivity index (χ3n) is 4.35. The number of imidazole rings is 1. The molecule has 4 rings (SSSR count). The minimum atomic E-state index is -0.458. The summed E-state index contributed by atoms with van der Waals surface area (Å²) < 4.78 is 21.4. The maximum absolute atomic E-state index is 14.3. The van der Waals surface area contributed by atoms with Gasteiger partial charge in [-0.25, -0.2) is 9.37 Å². The molecule has 7 nitrogen and oxygen atoms in total. The molecule has 146 valence electrons. The molecule has 0 fully saturated rings. The summed E-state index contributed by atoms with van der Waals surface area (Å²) in [5, 5.41) is 10.7. The van der Waals surface area contributed by atoms with Crippen molar-refractivity contribution in [1.29, 1.82) is 0 Å². The SMILES string of the molecule is Cc1ccc(-c2nnc(CCC(=O)Nc3ccc(-n4ccnc4)c(F)c3)o2)cc1. The van der Waals surface area contributed by atoms with Gasteiger partial charge < -0.3 is 14.3 Å². The van der Waals surface area contributed by atoms with Crippen LogP contribution in [0.15, 0.2) is 65.6 Å². The van der Waals surface area contributed by atoms with E-state index in [9.17, 15) is 9.18 Å². The quantitative estimate of drug-likeness (QED) is 0.538. The highest BCUT2D eigenvalue weighted by molar-refractivity contribution is 5.90. The molecule has 1 N–H and O–H groups in total. The summed E-state index contributed by atoms with van der Waals surface area (Å²) in [4.78, 5) is 16.1. The summed E-state index contributed by atoms with van der Waals surface area (Å²) in [5.41, 5.74) is 2.70. The lowest BCUT2D eigenvalue weighted by Crippen LogP contribution is -2.12. The second-order valence-electron chi connectivity index (χ2n) is 6.55. The molecule has 0 unspecified atom stereocenters. The second kappa shape index (κ2) is 8.05. The zero-order chi connectivity index (χ0) is 20.2. The molecule has 29 heavy (non-hydrogen) atoms. The van der Waals surface area contributed by atoms with E-state index in [0.29, 0.717) is 29.6 Å². The number of aryl methyl sites for hydroxylation is 2. The molecule has 0 atom stereocenters. The topological polar surface area (TPSA) is 85.8 Å². The Labute approximate surface area is 166 Å². The summed E-state index contributed by atoms with van der Waals surface area (Å²) >= 11 is 0. The van der Waals surface area contributed by atoms with E-state index in [-0.39, 0.29) is 12.3 Å². The molecule has 0 saturated carbocycles. The maximum Gasteiger partial charge on any atom is 0.247 e. The molecule has 2 aromatic heterocycles. The number of aromatic nitrogens is 4. The molecule has 4 aromatic rings. The monoisotopic (exact) mass is 391 g/mol. The van der Waals surface area contributed by atoms with E-state index in [1.54, 1.807) is 29.1 Å². The van der Waals surface area contributed by atoms with Crippen molar-refractivity contribution >= 4 is 11.6 Å². The number of carbonyl (C=O) groups excluding carboxylic acids is 1. The first-order valence-corrected chi connectivity index (χ1v) is 9.05. The number of benzene rings is 2. The number of carbonyl (C=O) groups is 1. The van der Waals surface area contributed by atoms with Crippen molar-refractivity contribution in [2.24, 2.45) is 0 Å². The molecule has 2 heterocycles. The van der Waals surface area contributed by atoms with Gasteiger partial charge in [-0.2, -0.15) is 0 Å². The van der Waals surface area contributed by atoms with Crippen molar-refractivity contribution in [2.75, 3.05) is 5.32 Å². The maximum atomic E-state index is 14.3. The predicted octanol–water partition coefficient (Wildman–Crippen LogP) is 3.94. The van der Waals surface area contributed by atoms with Gasteiger partial charge in [0.15, 0.2) is 0 Å². The van der Waals surface area contributed by atoms with Crippen LogP contribution in [0, 0.1) is 12.7 Å². The number of halogens is 1. The molecule has 8 heteroatoms. The number of rotatable bonds is 6. The number of nitrogens with one attached hydrogen (secondary N) is 1. The van der Waals surface area contributed by atoms with Crippen molar-refractivity contribution in [3.63, 3.8) is 0 Å². The summed E-state index contributed by atoms with van der Waals surface area (Å²) in [7, 11) is 0. The summed E-state index contributed by atoms with van der Waals surface area (Å²) in [6, 6.07) is 12.2. The molecule has 0 saturated heterocycles. The van der Waals surface area contributed by atoms with Crippen LogP contribution in [-0.4, -0.2) is 25.7 Å². The highest BCUT2D eigenvalue weighted by Crippen LogP contribution is 2.20. The first kappa shape index (κ1) is 18.5. The number of anilines is 1. The van der Waals surface area contributed by atoms with Crippen LogP contribution >= 0.6 is 0 Å². The fourth-order valence-corrected chi connectivity index (χ4v) is 2.81. The van der Waals surface area contributed by atoms with Crippen LogP contribution in [0.3, 0.4) is 0 Å². The zero-order valence-corrected chi connectivity index (χ0v) is 15.7. The smallest absolute Gasteiger partial charge is 0.247 e. The van der Waals surface area contributed by atoms with Crippen molar-refractivity contribution in [2.45, 2.75) is 19.8 Å². The van der Waals surface area contributed by atoms with Gasteiger partial charge in [0.25, 0.3) is 0 Å². The van der Waals surface area contributed by atoms with Crippen LogP contribution in [0.4, 0.5) is 10.1 Å². The van der Waals surface area contributed by atoms with Crippen LogP contribution in [0.25, 0.3) is 17.1 Å². The van der Waals surface area contributed by atoms with Gasteiger partial charge >= 0.3 is 0 Å². The Morgan fingerprint density at radius 1 is 1.17 bits per heavy atom. The summed E-state index contributed by atoms with van der Waals surface area (Å²) in [6.45, 7) is 2.00. The first-order valence-electron chi connectivity index (χ1n) is 9.05. The van der Waals surface area contributed by atoms with E-state index in [4.69, 9.17) is 4.42 Å². The van der Waals surface area contributed by atoms with Gasteiger partial charge in [-0.05, 0) is 37.3 Å². The Hall–Kier alpha value is -3.81. The zero-order valence-electron chi connectivity index (χ0n) is 15.7. The molecule has 1 amide bonds. The van der Waals surface area contributed by atoms with Crippen molar-refractivity contribution in [1.82, 2.24) is 19.7 Å². The Morgan fingerprint density at radius 2 is 2.00 bits per heavy atom. The van der Waals surface area contributed by atoms with Crippen molar-refractivity contribution in [3.8, 4) is 17.1 Å². The normalized spacial score (nSPS) is 10.8. The predicted molar refractivity (Wildman–Crippen MR) is 105 cm³/mol. The second-order valence-corrected chi connectivity index (χ2v) is 6.55. The largest absolute Gasteiger partial charge is 0.421 e. The van der Waals surface area contributed by atoms with E-state index in [2.05, 4.69) is 20.5 Å². The third-order valence-corrected chi connectivity index (χ3v) is 4.35. The van der Waals surface area contributed by atoms with Crippen molar-refractivity contribution in [3.05, 3.63) is 78.5 Å². The van der Waals surface area contributed by atoms with Gasteiger partial charge in [0.2, 0.25) is 17.7 Å². The minimum absolute atomic E-state index is 0.139. The molecule has 2 aromatic carbocycles. The third kappa shape index (κ3) is 4.37. The van der Waals surface area contributed by atoms with Crippen molar-refractivity contribution < 1.29 is 13.6 Å². The molecular formula is C21H18FN5O2. The number of nitrogens with zero attached hydrogens (tertiary/aromatic N) is 4. The number of hydrogen-bond acceptors (Lipinski definition) is 5. The Bertz CT molecular complexity index is 1120. The average Bonchev–Trinajstić information content (AvgIpc) is 3.39. The lowest BCUT2D eigenvalue weighted by Gasteiger charge is -2.08. The van der Waals surface area contributed by atoms with Gasteiger partial charge in [0.05, 0.1) is 12.0 Å². The molecule has 0 radical (unpaired) electrons. The van der Waals surface area contributed by atoms with Crippen LogP contribution in [0.5, 0.6) is 0 Å². The van der Waals surface area contributed by atoms with Gasteiger partial charge in [-0.3, -0.25) is 4.79 Å². The molecule has 0 spiro atoms. The van der Waals surface area contributed by atoms with Crippen LogP contribution < -0.4 is 5.32 Å². The fourth-order valence-electron chi connectivity index (χ4n) is 2.81. The van der Waals surface area contributed by atoms with Gasteiger partial charge in [0, 0.05) is 36.5 Å². The standard InChI is InChI=1S/C21H18FN5O2/c1-14-2-4-15(5-3-14)21-26-25-20(29-21)9-8-19(28)24-16-6-7-18(17(22)12-16)27-11-10-23-13-27/h2-7,10-13H,8-9H2,1H3,(H,24,28). The summed E-state index contributed by atoms with van der Waals surface area (Å²) in [5.74, 6) is 0.0604. The van der Waals surface area contributed by atoms with Crippen LogP contribution in [0.2, 0.25) is 0 Å². The van der Waals surface area contributed by atoms with E-state index < -0.39 is 5.82 Å². The minimum Gasteiger partial charge on any atom is -0.421 e. The number of amides is 1. The van der Waals surface area contributed by atoms with E-state index in [1.807, 2.05) is 31.2 Å². The van der Waals surface area contributed by atoms with Gasteiger partial charge in [0.1, 0.15) is 5.82 Å². The van der Waals surface area contributed by atoms with Gasteiger partial charge in [-0.15, -0.1) is 10.2 Å². The van der Waals surface area contributed by atoms with Crippen LogP contribution in [-0.2, 0) is 11.2 Å². The van der Waals surface area contributed by atoms with Crippen LogP contribution in [0.1, 0.15) is 17.9 Å². The molecule has 0 aliphatic rings. The van der Waals surface area contributed by atoms with E-state index in [1.165, 1.54) is 12.4 Å². The highest BCUT2D eigenvalue weighted by Gasteiger charge is 2.12. The molecule has 0 aliphatic carbocycles. The van der Waals surface area contributed by atoms with Gasteiger partial charge in [-0.1, -0.05) is 17.7 Å². The Morgan fingerprint density at radius 3 is 2.72 bits per heavy atom. The molecule has 0 aliphatic heterocycles. The lowest BCUT2D eigenvalue weighted by atomic mass is 10.1. The molecular weight excluding hydrogens is 373 g/mol. The summed E-state index contributed by atoms with van der Waals surface area (Å²) in [6.07, 6.45) is 5.15. The Kier molecular flexibility index (Phi) is 5.15. The highest BCUT2D eigenvalue weighted by atomic mass is 19.1. The van der Waals surface area contributed by atoms with E-state index >= 15 is 0 Å². The molecule has 0 bridgehead atoms. The Balaban J connectivity index is 1.35. The van der Waals surface area contributed by atoms with E-state index in [0.717, 1.165) is 11.1 Å². The number of hydrogen-bond donors (Lipinski definition) is 1. The average molecular weight is 391 g/mol.